The average molecular weight is 299 g/mol. The van der Waals surface area contributed by atoms with E-state index in [9.17, 15) is 4.79 Å². The minimum atomic E-state index is -0.345. The van der Waals surface area contributed by atoms with Crippen LogP contribution in [0.25, 0.3) is 11.1 Å². The summed E-state index contributed by atoms with van der Waals surface area (Å²) in [6.07, 6.45) is 1.62. The molecular formula is C17H17NO4. The van der Waals surface area contributed by atoms with Crippen molar-refractivity contribution in [1.82, 2.24) is 4.57 Å². The summed E-state index contributed by atoms with van der Waals surface area (Å²) in [4.78, 5) is 12.1. The number of rotatable bonds is 5. The molecule has 3 aromatic rings. The number of carbonyl (C=O) groups is 1. The lowest BCUT2D eigenvalue weighted by molar-refractivity contribution is 0.0515. The zero-order chi connectivity index (χ0) is 15.5. The van der Waals surface area contributed by atoms with E-state index >= 15 is 0 Å². The van der Waals surface area contributed by atoms with E-state index in [4.69, 9.17) is 13.9 Å². The topological polar surface area (TPSA) is 53.6 Å². The van der Waals surface area contributed by atoms with Gasteiger partial charge in [-0.3, -0.25) is 0 Å². The molecule has 0 aliphatic heterocycles. The Morgan fingerprint density at radius 3 is 2.68 bits per heavy atom. The van der Waals surface area contributed by atoms with Crippen LogP contribution < -0.4 is 4.74 Å². The van der Waals surface area contributed by atoms with E-state index < -0.39 is 0 Å². The lowest BCUT2D eigenvalue weighted by Crippen LogP contribution is -2.12. The molecule has 3 rings (SSSR count). The monoisotopic (exact) mass is 299 g/mol. The third-order valence-corrected chi connectivity index (χ3v) is 3.51. The second kappa shape index (κ2) is 5.97. The summed E-state index contributed by atoms with van der Waals surface area (Å²) in [6.45, 7) is 2.69. The van der Waals surface area contributed by atoms with E-state index in [0.29, 0.717) is 24.4 Å². The van der Waals surface area contributed by atoms with Crippen molar-refractivity contribution in [3.8, 4) is 5.75 Å². The van der Waals surface area contributed by atoms with E-state index in [1.54, 1.807) is 26.4 Å². The van der Waals surface area contributed by atoms with E-state index in [2.05, 4.69) is 0 Å². The highest BCUT2D eigenvalue weighted by Crippen LogP contribution is 2.23. The Balaban J connectivity index is 1.98. The van der Waals surface area contributed by atoms with Crippen molar-refractivity contribution in [2.45, 2.75) is 13.5 Å². The maximum Gasteiger partial charge on any atom is 0.355 e. The Kier molecular flexibility index (Phi) is 3.87. The molecule has 0 radical (unpaired) electrons. The largest absolute Gasteiger partial charge is 0.497 e. The quantitative estimate of drug-likeness (QED) is 0.677. The fourth-order valence-electron chi connectivity index (χ4n) is 2.44. The number of fused-ring (bicyclic) bond motifs is 1. The van der Waals surface area contributed by atoms with Crippen molar-refractivity contribution in [2.24, 2.45) is 0 Å². The molecule has 2 heterocycles. The summed E-state index contributed by atoms with van der Waals surface area (Å²) in [5, 5.41) is 0. The predicted molar refractivity (Wildman–Crippen MR) is 82.3 cm³/mol. The third-order valence-electron chi connectivity index (χ3n) is 3.51. The van der Waals surface area contributed by atoms with Gasteiger partial charge in [0.25, 0.3) is 0 Å². The molecule has 0 spiro atoms. The van der Waals surface area contributed by atoms with Crippen LogP contribution in [0.3, 0.4) is 0 Å². The van der Waals surface area contributed by atoms with Crippen LogP contribution in [0.4, 0.5) is 0 Å². The molecule has 0 atom stereocenters. The van der Waals surface area contributed by atoms with Crippen LogP contribution >= 0.6 is 0 Å². The molecular weight excluding hydrogens is 282 g/mol. The Labute approximate surface area is 128 Å². The molecule has 114 valence electrons. The van der Waals surface area contributed by atoms with Crippen LogP contribution in [-0.4, -0.2) is 24.3 Å². The number of benzene rings is 1. The number of carbonyl (C=O) groups excluding carboxylic acids is 1. The molecule has 0 N–H and O–H groups in total. The molecule has 0 saturated carbocycles. The Morgan fingerprint density at radius 2 is 2.00 bits per heavy atom. The highest BCUT2D eigenvalue weighted by Gasteiger charge is 2.18. The SMILES string of the molecule is CCOC(=O)c1cc2occc2n1Cc1ccc(OC)cc1. The first-order valence-corrected chi connectivity index (χ1v) is 7.09. The van der Waals surface area contributed by atoms with Crippen molar-refractivity contribution >= 4 is 17.1 Å². The lowest BCUT2D eigenvalue weighted by atomic mass is 10.2. The molecule has 22 heavy (non-hydrogen) atoms. The summed E-state index contributed by atoms with van der Waals surface area (Å²) >= 11 is 0. The van der Waals surface area contributed by atoms with Crippen molar-refractivity contribution < 1.29 is 18.7 Å². The standard InChI is InChI=1S/C17H17NO4/c1-3-21-17(19)15-10-16-14(8-9-22-16)18(15)11-12-4-6-13(20-2)7-5-12/h4-10H,3,11H2,1-2H3. The van der Waals surface area contributed by atoms with Crippen molar-refractivity contribution in [3.63, 3.8) is 0 Å². The normalized spacial score (nSPS) is 10.8. The molecule has 0 saturated heterocycles. The van der Waals surface area contributed by atoms with Crippen molar-refractivity contribution in [3.05, 3.63) is 53.9 Å². The van der Waals surface area contributed by atoms with Crippen LogP contribution in [-0.2, 0) is 11.3 Å². The second-order valence-electron chi connectivity index (χ2n) is 4.85. The van der Waals surface area contributed by atoms with Crippen molar-refractivity contribution in [2.75, 3.05) is 13.7 Å². The van der Waals surface area contributed by atoms with Crippen LogP contribution in [0.1, 0.15) is 23.0 Å². The molecule has 0 aliphatic carbocycles. The van der Waals surface area contributed by atoms with Crippen molar-refractivity contribution in [1.29, 1.82) is 0 Å². The minimum Gasteiger partial charge on any atom is -0.497 e. The predicted octanol–water partition coefficient (Wildman–Crippen LogP) is 3.47. The number of ether oxygens (including phenoxy) is 2. The molecule has 1 aromatic carbocycles. The maximum absolute atomic E-state index is 12.1. The van der Waals surface area contributed by atoms with Crippen LogP contribution in [0.15, 0.2) is 47.1 Å². The summed E-state index contributed by atoms with van der Waals surface area (Å²) < 4.78 is 17.6. The summed E-state index contributed by atoms with van der Waals surface area (Å²) in [6, 6.07) is 11.3. The highest BCUT2D eigenvalue weighted by molar-refractivity contribution is 5.94. The number of methoxy groups -OCH3 is 1. The van der Waals surface area contributed by atoms with Gasteiger partial charge < -0.3 is 18.5 Å². The molecule has 0 bridgehead atoms. The fraction of sp³-hybridized carbons (Fsp3) is 0.235. The van der Waals surface area contributed by atoms with Gasteiger partial charge in [0.2, 0.25) is 0 Å². The average Bonchev–Trinajstić information content (AvgIpc) is 3.11. The zero-order valence-corrected chi connectivity index (χ0v) is 12.5. The highest BCUT2D eigenvalue weighted by atomic mass is 16.5. The first-order valence-electron chi connectivity index (χ1n) is 7.09. The van der Waals surface area contributed by atoms with Gasteiger partial charge in [0.15, 0.2) is 5.58 Å². The van der Waals surface area contributed by atoms with Gasteiger partial charge in [-0.1, -0.05) is 12.1 Å². The number of hydrogen-bond acceptors (Lipinski definition) is 4. The smallest absolute Gasteiger partial charge is 0.355 e. The van der Waals surface area contributed by atoms with Gasteiger partial charge in [-0.15, -0.1) is 0 Å². The number of furan rings is 1. The number of nitrogens with zero attached hydrogens (tertiary/aromatic N) is 1. The number of aromatic nitrogens is 1. The van der Waals surface area contributed by atoms with E-state index in [1.165, 1.54) is 0 Å². The Hall–Kier alpha value is -2.69. The number of esters is 1. The lowest BCUT2D eigenvalue weighted by Gasteiger charge is -2.10. The summed E-state index contributed by atoms with van der Waals surface area (Å²) in [5.41, 5.74) is 3.10. The Morgan fingerprint density at radius 1 is 1.23 bits per heavy atom. The van der Waals surface area contributed by atoms with E-state index in [1.807, 2.05) is 34.9 Å². The molecule has 0 aliphatic rings. The third kappa shape index (κ3) is 2.57. The van der Waals surface area contributed by atoms with Gasteiger partial charge in [-0.2, -0.15) is 0 Å². The fourth-order valence-corrected chi connectivity index (χ4v) is 2.44. The molecule has 0 fully saturated rings. The minimum absolute atomic E-state index is 0.341. The second-order valence-corrected chi connectivity index (χ2v) is 4.85. The first kappa shape index (κ1) is 14.3. The van der Waals surface area contributed by atoms with E-state index in [0.717, 1.165) is 16.8 Å². The summed E-state index contributed by atoms with van der Waals surface area (Å²) in [5.74, 6) is 0.456. The first-order chi connectivity index (χ1) is 10.7. The van der Waals surface area contributed by atoms with Gasteiger partial charge in [-0.05, 0) is 24.6 Å². The Bertz CT molecular complexity index is 783. The van der Waals surface area contributed by atoms with Gasteiger partial charge in [0.1, 0.15) is 11.4 Å². The van der Waals surface area contributed by atoms with Crippen LogP contribution in [0.2, 0.25) is 0 Å². The number of hydrogen-bond donors (Lipinski definition) is 0. The van der Waals surface area contributed by atoms with Gasteiger partial charge >= 0.3 is 5.97 Å². The molecule has 5 heteroatoms. The molecule has 5 nitrogen and oxygen atoms in total. The summed E-state index contributed by atoms with van der Waals surface area (Å²) in [7, 11) is 1.63. The van der Waals surface area contributed by atoms with Gasteiger partial charge in [-0.25, -0.2) is 4.79 Å². The van der Waals surface area contributed by atoms with E-state index in [-0.39, 0.29) is 5.97 Å². The maximum atomic E-state index is 12.1. The van der Waals surface area contributed by atoms with Crippen LogP contribution in [0.5, 0.6) is 5.75 Å². The zero-order valence-electron chi connectivity index (χ0n) is 12.5. The van der Waals surface area contributed by atoms with Crippen LogP contribution in [0, 0.1) is 0 Å². The van der Waals surface area contributed by atoms with Gasteiger partial charge in [0.05, 0.1) is 25.5 Å². The molecule has 0 unspecified atom stereocenters. The molecule has 2 aromatic heterocycles. The van der Waals surface area contributed by atoms with Gasteiger partial charge in [0, 0.05) is 18.7 Å². The molecule has 0 amide bonds.